The number of nitrogens with one attached hydrogen (secondary N) is 1. The third-order valence-electron chi connectivity index (χ3n) is 2.71. The monoisotopic (exact) mass is 231 g/mol. The van der Waals surface area contributed by atoms with Crippen molar-refractivity contribution in [3.8, 4) is 0 Å². The Kier molecular flexibility index (Phi) is 2.95. The molecule has 0 fully saturated rings. The van der Waals surface area contributed by atoms with Gasteiger partial charge in [0.25, 0.3) is 0 Å². The molecule has 0 bridgehead atoms. The van der Waals surface area contributed by atoms with Gasteiger partial charge in [0.2, 0.25) is 0 Å². The topological polar surface area (TPSA) is 59.2 Å². The summed E-state index contributed by atoms with van der Waals surface area (Å²) in [6.07, 6.45) is 0.875. The lowest BCUT2D eigenvalue weighted by atomic mass is 10.1. The van der Waals surface area contributed by atoms with Crippen LogP contribution in [-0.2, 0) is 11.2 Å². The van der Waals surface area contributed by atoms with Crippen molar-refractivity contribution in [3.05, 3.63) is 45.7 Å². The Balaban J connectivity index is 2.70. The minimum atomic E-state index is -0.536. The van der Waals surface area contributed by atoms with E-state index in [1.807, 2.05) is 19.1 Å². The number of aromatic nitrogens is 1. The van der Waals surface area contributed by atoms with Gasteiger partial charge in [0.05, 0.1) is 12.6 Å². The zero-order chi connectivity index (χ0) is 12.4. The zero-order valence-corrected chi connectivity index (χ0v) is 9.74. The molecule has 0 amide bonds. The number of H-pyrrole nitrogens is 1. The standard InChI is InChI=1S/C13H13NO3/c1-3-8-4-5-9-10(6-8)14-11(7-12(9)15)13(16)17-2/h4-7H,3H2,1-2H3,(H,14,15). The lowest BCUT2D eigenvalue weighted by molar-refractivity contribution is 0.0594. The molecule has 17 heavy (non-hydrogen) atoms. The lowest BCUT2D eigenvalue weighted by Gasteiger charge is -2.04. The van der Waals surface area contributed by atoms with Crippen LogP contribution >= 0.6 is 0 Å². The molecule has 1 N–H and O–H groups in total. The Labute approximate surface area is 98.2 Å². The van der Waals surface area contributed by atoms with Crippen molar-refractivity contribution in [1.82, 2.24) is 4.98 Å². The molecule has 4 heteroatoms. The maximum Gasteiger partial charge on any atom is 0.354 e. The van der Waals surface area contributed by atoms with Crippen molar-refractivity contribution in [2.24, 2.45) is 0 Å². The molecule has 0 atom stereocenters. The van der Waals surface area contributed by atoms with Crippen LogP contribution in [0.3, 0.4) is 0 Å². The number of esters is 1. The average molecular weight is 231 g/mol. The second kappa shape index (κ2) is 4.41. The van der Waals surface area contributed by atoms with Crippen LogP contribution < -0.4 is 5.43 Å². The highest BCUT2D eigenvalue weighted by molar-refractivity contribution is 5.91. The molecule has 0 aliphatic rings. The van der Waals surface area contributed by atoms with Gasteiger partial charge in [0.15, 0.2) is 5.43 Å². The minimum Gasteiger partial charge on any atom is -0.464 e. The fourth-order valence-corrected chi connectivity index (χ4v) is 1.74. The van der Waals surface area contributed by atoms with Gasteiger partial charge in [-0.05, 0) is 24.1 Å². The number of ether oxygens (including phenoxy) is 1. The first-order valence-corrected chi connectivity index (χ1v) is 5.40. The van der Waals surface area contributed by atoms with Crippen LogP contribution in [0.5, 0.6) is 0 Å². The van der Waals surface area contributed by atoms with Gasteiger partial charge in [0.1, 0.15) is 5.69 Å². The highest BCUT2D eigenvalue weighted by atomic mass is 16.5. The number of hydrogen-bond acceptors (Lipinski definition) is 3. The van der Waals surface area contributed by atoms with E-state index in [1.165, 1.54) is 13.2 Å². The Bertz CT molecular complexity index is 628. The number of fused-ring (bicyclic) bond motifs is 1. The molecule has 2 aromatic rings. The fraction of sp³-hybridized carbons (Fsp3) is 0.231. The van der Waals surface area contributed by atoms with Crippen molar-refractivity contribution in [2.45, 2.75) is 13.3 Å². The summed E-state index contributed by atoms with van der Waals surface area (Å²) < 4.78 is 4.59. The number of aromatic amines is 1. The van der Waals surface area contributed by atoms with Crippen LogP contribution in [-0.4, -0.2) is 18.1 Å². The van der Waals surface area contributed by atoms with Crippen molar-refractivity contribution in [1.29, 1.82) is 0 Å². The first-order valence-electron chi connectivity index (χ1n) is 5.40. The quantitative estimate of drug-likeness (QED) is 0.803. The van der Waals surface area contributed by atoms with Crippen molar-refractivity contribution < 1.29 is 9.53 Å². The van der Waals surface area contributed by atoms with E-state index in [2.05, 4.69) is 9.72 Å². The summed E-state index contributed by atoms with van der Waals surface area (Å²) >= 11 is 0. The number of aryl methyl sites for hydroxylation is 1. The molecule has 0 aliphatic heterocycles. The number of methoxy groups -OCH3 is 1. The van der Waals surface area contributed by atoms with E-state index in [4.69, 9.17) is 0 Å². The van der Waals surface area contributed by atoms with Crippen LogP contribution in [0.25, 0.3) is 10.9 Å². The predicted molar refractivity (Wildman–Crippen MR) is 65.3 cm³/mol. The van der Waals surface area contributed by atoms with Gasteiger partial charge in [-0.2, -0.15) is 0 Å². The van der Waals surface area contributed by atoms with Gasteiger partial charge in [-0.3, -0.25) is 4.79 Å². The zero-order valence-electron chi connectivity index (χ0n) is 9.74. The highest BCUT2D eigenvalue weighted by Crippen LogP contribution is 2.12. The average Bonchev–Trinajstić information content (AvgIpc) is 2.36. The molecular formula is C13H13NO3. The van der Waals surface area contributed by atoms with Gasteiger partial charge in [-0.25, -0.2) is 4.79 Å². The second-order valence-electron chi connectivity index (χ2n) is 3.77. The van der Waals surface area contributed by atoms with Gasteiger partial charge in [0, 0.05) is 11.5 Å². The van der Waals surface area contributed by atoms with Crippen LogP contribution in [0.4, 0.5) is 0 Å². The molecule has 0 unspecified atom stereocenters. The summed E-state index contributed by atoms with van der Waals surface area (Å²) in [6, 6.07) is 6.83. The third-order valence-corrected chi connectivity index (χ3v) is 2.71. The van der Waals surface area contributed by atoms with Gasteiger partial charge >= 0.3 is 5.97 Å². The Morgan fingerprint density at radius 2 is 2.12 bits per heavy atom. The third kappa shape index (κ3) is 2.06. The normalized spacial score (nSPS) is 10.5. The van der Waals surface area contributed by atoms with E-state index in [1.54, 1.807) is 6.07 Å². The maximum atomic E-state index is 11.8. The molecule has 0 spiro atoms. The number of carbonyl (C=O) groups is 1. The summed E-state index contributed by atoms with van der Waals surface area (Å²) in [7, 11) is 1.29. The summed E-state index contributed by atoms with van der Waals surface area (Å²) in [5, 5.41) is 0.579. The fourth-order valence-electron chi connectivity index (χ4n) is 1.74. The molecule has 4 nitrogen and oxygen atoms in total. The molecule has 0 radical (unpaired) electrons. The van der Waals surface area contributed by atoms with E-state index < -0.39 is 5.97 Å². The van der Waals surface area contributed by atoms with E-state index in [0.29, 0.717) is 10.9 Å². The first kappa shape index (κ1) is 11.4. The van der Waals surface area contributed by atoms with E-state index in [9.17, 15) is 9.59 Å². The van der Waals surface area contributed by atoms with Crippen molar-refractivity contribution in [3.63, 3.8) is 0 Å². The molecule has 1 heterocycles. The number of rotatable bonds is 2. The molecule has 88 valence electrons. The van der Waals surface area contributed by atoms with E-state index in [0.717, 1.165) is 12.0 Å². The molecule has 1 aromatic heterocycles. The smallest absolute Gasteiger partial charge is 0.354 e. The van der Waals surface area contributed by atoms with Crippen LogP contribution in [0.1, 0.15) is 23.0 Å². The molecular weight excluding hydrogens is 218 g/mol. The van der Waals surface area contributed by atoms with Crippen LogP contribution in [0, 0.1) is 0 Å². The summed E-state index contributed by atoms with van der Waals surface area (Å²) in [6.45, 7) is 2.03. The van der Waals surface area contributed by atoms with Crippen LogP contribution in [0.15, 0.2) is 29.1 Å². The van der Waals surface area contributed by atoms with Crippen LogP contribution in [0.2, 0.25) is 0 Å². The second-order valence-corrected chi connectivity index (χ2v) is 3.77. The largest absolute Gasteiger partial charge is 0.464 e. The Hall–Kier alpha value is -2.10. The number of carbonyl (C=O) groups excluding carboxylic acids is 1. The number of pyridine rings is 1. The maximum absolute atomic E-state index is 11.8. The predicted octanol–water partition coefficient (Wildman–Crippen LogP) is 1.88. The van der Waals surface area contributed by atoms with Gasteiger partial charge in [-0.1, -0.05) is 13.0 Å². The van der Waals surface area contributed by atoms with Gasteiger partial charge < -0.3 is 9.72 Å². The van der Waals surface area contributed by atoms with Gasteiger partial charge in [-0.15, -0.1) is 0 Å². The number of benzene rings is 1. The molecule has 0 saturated carbocycles. The summed E-state index contributed by atoms with van der Waals surface area (Å²) in [5.74, 6) is -0.536. The number of hydrogen-bond donors (Lipinski definition) is 1. The lowest BCUT2D eigenvalue weighted by Crippen LogP contribution is -2.11. The van der Waals surface area contributed by atoms with Crippen molar-refractivity contribution in [2.75, 3.05) is 7.11 Å². The first-order chi connectivity index (χ1) is 8.15. The molecule has 2 rings (SSSR count). The Morgan fingerprint density at radius 1 is 1.35 bits per heavy atom. The SMILES string of the molecule is CCc1ccc2c(=O)cc(C(=O)OC)[nH]c2c1. The summed E-state index contributed by atoms with van der Waals surface area (Å²) in [5.41, 5.74) is 1.77. The molecule has 0 saturated heterocycles. The van der Waals surface area contributed by atoms with Crippen molar-refractivity contribution >= 4 is 16.9 Å². The highest BCUT2D eigenvalue weighted by Gasteiger charge is 2.09. The Morgan fingerprint density at radius 3 is 2.76 bits per heavy atom. The molecule has 0 aliphatic carbocycles. The molecule has 1 aromatic carbocycles. The van der Waals surface area contributed by atoms with E-state index >= 15 is 0 Å². The van der Waals surface area contributed by atoms with E-state index in [-0.39, 0.29) is 11.1 Å². The minimum absolute atomic E-state index is 0.179. The summed E-state index contributed by atoms with van der Waals surface area (Å²) in [4.78, 5) is 26.1.